The van der Waals surface area contributed by atoms with Gasteiger partial charge < -0.3 is 9.15 Å². The fraction of sp³-hybridized carbons (Fsp3) is 0.111. The number of furan rings is 1. The van der Waals surface area contributed by atoms with Gasteiger partial charge in [-0.15, -0.1) is 11.3 Å². The van der Waals surface area contributed by atoms with Gasteiger partial charge in [-0.05, 0) is 37.3 Å². The van der Waals surface area contributed by atoms with Crippen molar-refractivity contribution in [1.29, 1.82) is 0 Å². The van der Waals surface area contributed by atoms with Crippen molar-refractivity contribution in [2.24, 2.45) is 0 Å². The van der Waals surface area contributed by atoms with Crippen molar-refractivity contribution < 1.29 is 13.9 Å². The zero-order valence-corrected chi connectivity index (χ0v) is 15.7. The molecule has 25 heavy (non-hydrogen) atoms. The molecule has 128 valence electrons. The number of esters is 1. The van der Waals surface area contributed by atoms with Crippen LogP contribution >= 0.6 is 34.5 Å². The summed E-state index contributed by atoms with van der Waals surface area (Å²) < 4.78 is 10.7. The van der Waals surface area contributed by atoms with Crippen LogP contribution in [-0.2, 0) is 9.53 Å². The largest absolute Gasteiger partial charge is 0.465 e. The minimum atomic E-state index is -0.479. The summed E-state index contributed by atoms with van der Waals surface area (Å²) in [6.45, 7) is 1.86. The monoisotopic (exact) mass is 393 g/mol. The third-order valence-corrected chi connectivity index (χ3v) is 5.20. The van der Waals surface area contributed by atoms with E-state index in [1.54, 1.807) is 30.3 Å². The molecule has 0 spiro atoms. The van der Waals surface area contributed by atoms with E-state index in [2.05, 4.69) is 4.98 Å². The molecule has 0 unspecified atom stereocenters. The Bertz CT molecular complexity index is 959. The first-order chi connectivity index (χ1) is 12.0. The van der Waals surface area contributed by atoms with Gasteiger partial charge in [0.1, 0.15) is 16.5 Å². The minimum absolute atomic E-state index is 0.332. The molecule has 0 aliphatic carbocycles. The molecule has 0 fully saturated rings. The van der Waals surface area contributed by atoms with Crippen LogP contribution in [0.1, 0.15) is 16.5 Å². The Morgan fingerprint density at radius 2 is 2.08 bits per heavy atom. The van der Waals surface area contributed by atoms with Gasteiger partial charge in [0.25, 0.3) is 0 Å². The van der Waals surface area contributed by atoms with Crippen LogP contribution < -0.4 is 0 Å². The molecule has 3 aromatic rings. The van der Waals surface area contributed by atoms with Crippen LogP contribution in [0.5, 0.6) is 0 Å². The van der Waals surface area contributed by atoms with Crippen LogP contribution in [0.3, 0.4) is 0 Å². The number of hydrogen-bond acceptors (Lipinski definition) is 5. The fourth-order valence-electron chi connectivity index (χ4n) is 2.21. The predicted octanol–water partition coefficient (Wildman–Crippen LogP) is 5.73. The van der Waals surface area contributed by atoms with Crippen molar-refractivity contribution in [3.63, 3.8) is 0 Å². The lowest BCUT2D eigenvalue weighted by Crippen LogP contribution is -2.03. The molecule has 0 saturated carbocycles. The number of ether oxygens (including phenoxy) is 1. The maximum absolute atomic E-state index is 12.1. The van der Waals surface area contributed by atoms with Gasteiger partial charge >= 0.3 is 5.97 Å². The number of methoxy groups -OCH3 is 1. The highest BCUT2D eigenvalue weighted by Gasteiger charge is 2.17. The number of aromatic nitrogens is 1. The summed E-state index contributed by atoms with van der Waals surface area (Å²) in [5.74, 6) is 0.561. The molecule has 1 aromatic carbocycles. The number of thiazole rings is 1. The number of nitrogens with zero attached hydrogens (tertiary/aromatic N) is 1. The minimum Gasteiger partial charge on any atom is -0.465 e. The lowest BCUT2D eigenvalue weighted by molar-refractivity contribution is -0.133. The van der Waals surface area contributed by atoms with Gasteiger partial charge in [0.15, 0.2) is 0 Å². The Balaban J connectivity index is 2.01. The van der Waals surface area contributed by atoms with Crippen LogP contribution in [0.25, 0.3) is 23.0 Å². The van der Waals surface area contributed by atoms with Gasteiger partial charge in [-0.3, -0.25) is 0 Å². The number of rotatable bonds is 4. The maximum Gasteiger partial charge on any atom is 0.341 e. The van der Waals surface area contributed by atoms with E-state index in [1.807, 2.05) is 18.4 Å². The van der Waals surface area contributed by atoms with Crippen molar-refractivity contribution in [2.45, 2.75) is 6.92 Å². The molecule has 0 radical (unpaired) electrons. The van der Waals surface area contributed by atoms with Crippen LogP contribution in [0.2, 0.25) is 10.0 Å². The number of benzene rings is 1. The smallest absolute Gasteiger partial charge is 0.341 e. The zero-order valence-electron chi connectivity index (χ0n) is 13.4. The molecule has 0 atom stereocenters. The third-order valence-electron chi connectivity index (χ3n) is 3.39. The van der Waals surface area contributed by atoms with E-state index in [0.29, 0.717) is 37.7 Å². The second-order valence-electron chi connectivity index (χ2n) is 5.15. The fourth-order valence-corrected chi connectivity index (χ4v) is 3.40. The average molecular weight is 394 g/mol. The molecule has 3 rings (SSSR count). The quantitative estimate of drug-likeness (QED) is 0.419. The number of carbonyl (C=O) groups excluding carboxylic acids is 1. The highest BCUT2D eigenvalue weighted by atomic mass is 35.5. The van der Waals surface area contributed by atoms with E-state index in [9.17, 15) is 4.79 Å². The van der Waals surface area contributed by atoms with E-state index in [-0.39, 0.29) is 0 Å². The highest BCUT2D eigenvalue weighted by molar-refractivity contribution is 7.11. The van der Waals surface area contributed by atoms with Gasteiger partial charge in [-0.1, -0.05) is 29.3 Å². The molecular weight excluding hydrogens is 381 g/mol. The standard InChI is InChI=1S/C18H13Cl2NO3S/c1-10-9-25-17(21-10)13(18(22)23-2)8-11-6-7-15(24-11)12-4-3-5-14(19)16(12)20/h3-9H,1-2H3/b13-8-. The van der Waals surface area contributed by atoms with Crippen molar-refractivity contribution in [1.82, 2.24) is 4.98 Å². The Morgan fingerprint density at radius 3 is 2.76 bits per heavy atom. The van der Waals surface area contributed by atoms with Crippen LogP contribution in [0.4, 0.5) is 0 Å². The Kier molecular flexibility index (Phi) is 5.27. The number of halogens is 2. The highest BCUT2D eigenvalue weighted by Crippen LogP contribution is 2.35. The van der Waals surface area contributed by atoms with E-state index < -0.39 is 5.97 Å². The Morgan fingerprint density at radius 1 is 1.28 bits per heavy atom. The predicted molar refractivity (Wildman–Crippen MR) is 101 cm³/mol. The summed E-state index contributed by atoms with van der Waals surface area (Å²) in [4.78, 5) is 16.4. The normalized spacial score (nSPS) is 11.6. The van der Waals surface area contributed by atoms with Crippen LogP contribution in [0, 0.1) is 6.92 Å². The van der Waals surface area contributed by atoms with E-state index in [4.69, 9.17) is 32.4 Å². The Labute approximate surface area is 158 Å². The SMILES string of the molecule is COC(=O)/C(=C\c1ccc(-c2cccc(Cl)c2Cl)o1)c1nc(C)cs1. The summed E-state index contributed by atoms with van der Waals surface area (Å²) in [6, 6.07) is 8.82. The maximum atomic E-state index is 12.1. The zero-order chi connectivity index (χ0) is 18.0. The molecule has 7 heteroatoms. The molecule has 0 saturated heterocycles. The second-order valence-corrected chi connectivity index (χ2v) is 6.79. The average Bonchev–Trinajstić information content (AvgIpc) is 3.23. The summed E-state index contributed by atoms with van der Waals surface area (Å²) in [7, 11) is 1.33. The molecule has 0 N–H and O–H groups in total. The van der Waals surface area contributed by atoms with Crippen molar-refractivity contribution >= 4 is 52.2 Å². The topological polar surface area (TPSA) is 52.3 Å². The number of aryl methyl sites for hydroxylation is 1. The van der Waals surface area contributed by atoms with E-state index in [0.717, 1.165) is 5.69 Å². The molecular formula is C18H13Cl2NO3S. The molecule has 0 bridgehead atoms. The van der Waals surface area contributed by atoms with Crippen LogP contribution in [-0.4, -0.2) is 18.1 Å². The van der Waals surface area contributed by atoms with Gasteiger partial charge in [0.05, 0.1) is 22.7 Å². The number of hydrogen-bond donors (Lipinski definition) is 0. The van der Waals surface area contributed by atoms with Gasteiger partial charge in [0.2, 0.25) is 0 Å². The van der Waals surface area contributed by atoms with Gasteiger partial charge in [0, 0.05) is 16.6 Å². The lowest BCUT2D eigenvalue weighted by atomic mass is 10.2. The summed E-state index contributed by atoms with van der Waals surface area (Å²) in [6.07, 6.45) is 1.60. The molecule has 0 aliphatic heterocycles. The van der Waals surface area contributed by atoms with Gasteiger partial charge in [-0.2, -0.15) is 0 Å². The third kappa shape index (κ3) is 3.79. The van der Waals surface area contributed by atoms with Crippen molar-refractivity contribution in [3.8, 4) is 11.3 Å². The van der Waals surface area contributed by atoms with Crippen LogP contribution in [0.15, 0.2) is 40.1 Å². The van der Waals surface area contributed by atoms with E-state index >= 15 is 0 Å². The molecule has 2 aromatic heterocycles. The molecule has 0 aliphatic rings. The summed E-state index contributed by atoms with van der Waals surface area (Å²) >= 11 is 13.6. The molecule has 4 nitrogen and oxygen atoms in total. The van der Waals surface area contributed by atoms with Crippen molar-refractivity contribution in [3.05, 3.63) is 62.2 Å². The first kappa shape index (κ1) is 17.7. The summed E-state index contributed by atoms with van der Waals surface area (Å²) in [5, 5.41) is 3.30. The van der Waals surface area contributed by atoms with Gasteiger partial charge in [-0.25, -0.2) is 9.78 Å². The Hall–Kier alpha value is -2.08. The first-order valence-corrected chi connectivity index (χ1v) is 8.90. The summed E-state index contributed by atoms with van der Waals surface area (Å²) in [5.41, 5.74) is 1.85. The first-order valence-electron chi connectivity index (χ1n) is 7.26. The van der Waals surface area contributed by atoms with E-state index in [1.165, 1.54) is 18.4 Å². The molecule has 0 amide bonds. The second kappa shape index (κ2) is 7.44. The van der Waals surface area contributed by atoms with Crippen molar-refractivity contribution in [2.75, 3.05) is 7.11 Å². The lowest BCUT2D eigenvalue weighted by Gasteiger charge is -2.03. The molecule has 2 heterocycles. The number of carbonyl (C=O) groups is 1.